The van der Waals surface area contributed by atoms with Gasteiger partial charge in [0.1, 0.15) is 9.89 Å². The van der Waals surface area contributed by atoms with Crippen LogP contribution < -0.4 is 0 Å². The van der Waals surface area contributed by atoms with Crippen LogP contribution in [-0.2, 0) is 0 Å². The molecule has 2 rings (SSSR count). The van der Waals surface area contributed by atoms with Gasteiger partial charge in [0.15, 0.2) is 0 Å². The van der Waals surface area contributed by atoms with Crippen molar-refractivity contribution in [3.63, 3.8) is 0 Å². The van der Waals surface area contributed by atoms with E-state index >= 15 is 0 Å². The summed E-state index contributed by atoms with van der Waals surface area (Å²) in [5, 5.41) is 9.00. The highest BCUT2D eigenvalue weighted by Gasteiger charge is 2.09. The maximum Gasteiger partial charge on any atom is 0.120 e. The molecule has 0 atom stereocenters. The van der Waals surface area contributed by atoms with Crippen LogP contribution in [0.2, 0.25) is 0 Å². The fourth-order valence-corrected chi connectivity index (χ4v) is 3.95. The molecule has 1 heterocycles. The predicted molar refractivity (Wildman–Crippen MR) is 67.9 cm³/mol. The maximum atomic E-state index is 9.00. The molecule has 1 nitrogen and oxygen atoms in total. The Labute approximate surface area is 101 Å². The van der Waals surface area contributed by atoms with Crippen molar-refractivity contribution in [2.75, 3.05) is 0 Å². The van der Waals surface area contributed by atoms with Crippen molar-refractivity contribution in [1.82, 2.24) is 0 Å². The fourth-order valence-electron chi connectivity index (χ4n) is 1.25. The molecule has 0 saturated carbocycles. The average Bonchev–Trinajstić information content (AvgIpc) is 2.61. The molecule has 2 aromatic rings. The molecule has 0 fully saturated rings. The topological polar surface area (TPSA) is 23.8 Å². The van der Waals surface area contributed by atoms with E-state index in [0.717, 1.165) is 10.4 Å². The fraction of sp³-hybridized carbons (Fsp3) is 0.0909. The Bertz CT molecular complexity index is 569. The first-order chi connectivity index (χ1) is 7.22. The summed E-state index contributed by atoms with van der Waals surface area (Å²) in [5.41, 5.74) is 2.94. The summed E-state index contributed by atoms with van der Waals surface area (Å²) < 4.78 is 0.693. The van der Waals surface area contributed by atoms with E-state index in [0.29, 0.717) is 9.39 Å². The third-order valence-electron chi connectivity index (χ3n) is 2.06. The first-order valence-corrected chi connectivity index (χ1v) is 6.88. The van der Waals surface area contributed by atoms with Gasteiger partial charge in [0.2, 0.25) is 0 Å². The number of benzene rings is 1. The number of nitrogens with zero attached hydrogens (tertiary/aromatic N) is 1. The van der Waals surface area contributed by atoms with Crippen LogP contribution in [0.3, 0.4) is 0 Å². The summed E-state index contributed by atoms with van der Waals surface area (Å²) in [6, 6.07) is 10.3. The summed E-state index contributed by atoms with van der Waals surface area (Å²) in [4.78, 5) is 0.993. The first-order valence-electron chi connectivity index (χ1n) is 4.32. The van der Waals surface area contributed by atoms with Crippen molar-refractivity contribution in [3.05, 3.63) is 39.2 Å². The third kappa shape index (κ3) is 2.00. The standard InChI is InChI=1S/C11H7NS3/c1-7-2-4-8(5-3-7)10-9(6-12)11(13)15-14-10/h2-5H,1H3. The third-order valence-corrected chi connectivity index (χ3v) is 5.12. The molecule has 15 heavy (non-hydrogen) atoms. The van der Waals surface area contributed by atoms with E-state index in [1.165, 1.54) is 15.9 Å². The van der Waals surface area contributed by atoms with Crippen LogP contribution in [0.25, 0.3) is 10.4 Å². The van der Waals surface area contributed by atoms with E-state index in [1.807, 2.05) is 31.2 Å². The lowest BCUT2D eigenvalue weighted by molar-refractivity contribution is 1.47. The van der Waals surface area contributed by atoms with E-state index in [1.54, 1.807) is 10.3 Å². The second kappa shape index (κ2) is 4.23. The molecule has 4 heteroatoms. The number of rotatable bonds is 1. The summed E-state index contributed by atoms with van der Waals surface area (Å²) in [5.74, 6) is 0. The van der Waals surface area contributed by atoms with Gasteiger partial charge in [-0.1, -0.05) is 62.7 Å². The molecule has 0 spiro atoms. The molecule has 74 valence electrons. The monoisotopic (exact) mass is 249 g/mol. The van der Waals surface area contributed by atoms with Gasteiger partial charge in [-0.3, -0.25) is 0 Å². The molecule has 0 radical (unpaired) electrons. The lowest BCUT2D eigenvalue weighted by Gasteiger charge is -1.98. The SMILES string of the molecule is Cc1ccc(-c2ssc(=S)c2C#N)cc1. The normalized spacial score (nSPS) is 9.87. The van der Waals surface area contributed by atoms with Crippen molar-refractivity contribution in [2.24, 2.45) is 0 Å². The predicted octanol–water partition coefficient (Wildman–Crippen LogP) is 4.39. The Morgan fingerprint density at radius 1 is 1.20 bits per heavy atom. The van der Waals surface area contributed by atoms with Crippen molar-refractivity contribution in [2.45, 2.75) is 6.92 Å². The van der Waals surface area contributed by atoms with Gasteiger partial charge in [0.05, 0.1) is 10.4 Å². The Balaban J connectivity index is 2.60. The van der Waals surface area contributed by atoms with Crippen LogP contribution >= 0.6 is 32.9 Å². The minimum Gasteiger partial charge on any atom is -0.192 e. The average molecular weight is 249 g/mol. The molecule has 0 aliphatic rings. The molecule has 1 aromatic carbocycles. The largest absolute Gasteiger partial charge is 0.192 e. The number of nitriles is 1. The molecule has 0 aliphatic carbocycles. The zero-order valence-corrected chi connectivity index (χ0v) is 10.4. The zero-order chi connectivity index (χ0) is 10.8. The molecule has 0 saturated heterocycles. The molecule has 0 bridgehead atoms. The van der Waals surface area contributed by atoms with Crippen molar-refractivity contribution >= 4 is 32.9 Å². The summed E-state index contributed by atoms with van der Waals surface area (Å²) in [6.07, 6.45) is 0. The van der Waals surface area contributed by atoms with Crippen LogP contribution in [0.4, 0.5) is 0 Å². The lowest BCUT2D eigenvalue weighted by atomic mass is 10.1. The van der Waals surface area contributed by atoms with Gasteiger partial charge in [-0.15, -0.1) is 0 Å². The van der Waals surface area contributed by atoms with Crippen LogP contribution in [0, 0.1) is 22.1 Å². The Hall–Kier alpha value is -1.02. The molecule has 0 aliphatic heterocycles. The lowest BCUT2D eigenvalue weighted by Crippen LogP contribution is -1.78. The molecule has 0 N–H and O–H groups in total. The minimum absolute atomic E-state index is 0.642. The maximum absolute atomic E-state index is 9.00. The van der Waals surface area contributed by atoms with Gasteiger partial charge in [0, 0.05) is 0 Å². The van der Waals surface area contributed by atoms with Crippen molar-refractivity contribution in [1.29, 1.82) is 5.26 Å². The van der Waals surface area contributed by atoms with Crippen LogP contribution in [0.5, 0.6) is 0 Å². The smallest absolute Gasteiger partial charge is 0.120 e. The Morgan fingerprint density at radius 2 is 1.87 bits per heavy atom. The minimum atomic E-state index is 0.642. The van der Waals surface area contributed by atoms with E-state index in [9.17, 15) is 0 Å². The van der Waals surface area contributed by atoms with Crippen LogP contribution in [-0.4, -0.2) is 0 Å². The highest BCUT2D eigenvalue weighted by atomic mass is 32.9. The molecule has 0 unspecified atom stereocenters. The quantitative estimate of drug-likeness (QED) is 0.553. The van der Waals surface area contributed by atoms with Crippen molar-refractivity contribution < 1.29 is 0 Å². The van der Waals surface area contributed by atoms with E-state index in [-0.39, 0.29) is 0 Å². The summed E-state index contributed by atoms with van der Waals surface area (Å²) in [7, 11) is 3.06. The first kappa shape index (κ1) is 10.5. The molecular formula is C11H7NS3. The molecule has 0 amide bonds. The van der Waals surface area contributed by atoms with Crippen molar-refractivity contribution in [3.8, 4) is 16.5 Å². The highest BCUT2D eigenvalue weighted by molar-refractivity contribution is 7.80. The number of aryl methyl sites for hydroxylation is 1. The van der Waals surface area contributed by atoms with Crippen LogP contribution in [0.15, 0.2) is 24.3 Å². The molecular weight excluding hydrogens is 242 g/mol. The van der Waals surface area contributed by atoms with Gasteiger partial charge in [0.25, 0.3) is 0 Å². The van der Waals surface area contributed by atoms with E-state index in [2.05, 4.69) is 6.07 Å². The molecule has 1 aromatic heterocycles. The van der Waals surface area contributed by atoms with Gasteiger partial charge >= 0.3 is 0 Å². The summed E-state index contributed by atoms with van der Waals surface area (Å²) in [6.45, 7) is 2.05. The van der Waals surface area contributed by atoms with Crippen LogP contribution in [0.1, 0.15) is 11.1 Å². The van der Waals surface area contributed by atoms with Gasteiger partial charge in [-0.25, -0.2) is 0 Å². The van der Waals surface area contributed by atoms with Gasteiger partial charge in [-0.2, -0.15) is 5.26 Å². The second-order valence-electron chi connectivity index (χ2n) is 3.14. The van der Waals surface area contributed by atoms with E-state index in [4.69, 9.17) is 17.5 Å². The van der Waals surface area contributed by atoms with Gasteiger partial charge in [-0.05, 0) is 12.5 Å². The Morgan fingerprint density at radius 3 is 2.47 bits per heavy atom. The second-order valence-corrected chi connectivity index (χ2v) is 5.95. The number of hydrogen-bond donors (Lipinski definition) is 0. The highest BCUT2D eigenvalue weighted by Crippen LogP contribution is 2.33. The summed E-state index contributed by atoms with van der Waals surface area (Å²) >= 11 is 5.10. The Kier molecular flexibility index (Phi) is 2.96. The number of hydrogen-bond acceptors (Lipinski definition) is 4. The van der Waals surface area contributed by atoms with Gasteiger partial charge < -0.3 is 0 Å². The zero-order valence-electron chi connectivity index (χ0n) is 7.98. The van der Waals surface area contributed by atoms with E-state index < -0.39 is 0 Å².